The van der Waals surface area contributed by atoms with Crippen molar-refractivity contribution in [2.24, 2.45) is 19.2 Å². The smallest absolute Gasteiger partial charge is 0.293 e. The van der Waals surface area contributed by atoms with E-state index in [1.807, 2.05) is 0 Å². The number of aryl methyl sites for hydroxylation is 2. The maximum Gasteiger partial charge on any atom is 0.328 e. The largest absolute Gasteiger partial charge is 0.328 e. The first-order chi connectivity index (χ1) is 8.49. The first kappa shape index (κ1) is 11.6. The Morgan fingerprint density at radius 2 is 2.06 bits per heavy atom. The molecule has 0 radical (unpaired) electrons. The molecule has 0 aliphatic rings. The van der Waals surface area contributed by atoms with Crippen LogP contribution < -0.4 is 5.69 Å². The van der Waals surface area contributed by atoms with Crippen LogP contribution in [-0.4, -0.2) is 19.0 Å². The van der Waals surface area contributed by atoms with E-state index in [1.54, 1.807) is 0 Å². The zero-order valence-electron chi connectivity index (χ0n) is 9.43. The van der Waals surface area contributed by atoms with E-state index in [4.69, 9.17) is 5.53 Å². The van der Waals surface area contributed by atoms with Gasteiger partial charge in [0.05, 0.1) is 4.92 Å². The van der Waals surface area contributed by atoms with E-state index in [1.165, 1.54) is 14.1 Å². The lowest BCUT2D eigenvalue weighted by Gasteiger charge is -1.99. The number of pyridine rings is 1. The van der Waals surface area contributed by atoms with E-state index in [0.29, 0.717) is 0 Å². The minimum Gasteiger partial charge on any atom is -0.293 e. The van der Waals surface area contributed by atoms with Crippen LogP contribution in [-0.2, 0) is 14.1 Å². The van der Waals surface area contributed by atoms with E-state index in [-0.39, 0.29) is 22.5 Å². The highest BCUT2D eigenvalue weighted by Crippen LogP contribution is 2.29. The highest BCUT2D eigenvalue weighted by atomic mass is 16.6. The van der Waals surface area contributed by atoms with Crippen LogP contribution >= 0.6 is 0 Å². The quantitative estimate of drug-likeness (QED) is 0.259. The van der Waals surface area contributed by atoms with Gasteiger partial charge in [-0.2, -0.15) is 0 Å². The zero-order chi connectivity index (χ0) is 13.4. The summed E-state index contributed by atoms with van der Waals surface area (Å²) in [6.07, 6.45) is 0.964. The molecular weight excluding hydrogens is 242 g/mol. The summed E-state index contributed by atoms with van der Waals surface area (Å²) in [7, 11) is 2.82. The van der Waals surface area contributed by atoms with Gasteiger partial charge in [-0.1, -0.05) is 0 Å². The van der Waals surface area contributed by atoms with Crippen molar-refractivity contribution in [3.8, 4) is 0 Å². The molecule has 0 N–H and O–H groups in total. The van der Waals surface area contributed by atoms with Crippen molar-refractivity contribution in [1.82, 2.24) is 14.1 Å². The van der Waals surface area contributed by atoms with Crippen LogP contribution in [0.15, 0.2) is 16.1 Å². The number of imidazole rings is 1. The number of fused-ring (bicyclic) bond motifs is 1. The third kappa shape index (κ3) is 1.40. The number of hydrogen-bond donors (Lipinski definition) is 0. The Bertz CT molecular complexity index is 717. The van der Waals surface area contributed by atoms with Crippen LogP contribution in [0.3, 0.4) is 0 Å². The molecule has 18 heavy (non-hydrogen) atoms. The number of aromatic nitrogens is 3. The Labute approximate surface area is 98.9 Å². The van der Waals surface area contributed by atoms with Crippen LogP contribution in [0, 0.1) is 10.1 Å². The summed E-state index contributed by atoms with van der Waals surface area (Å²) in [5.41, 5.74) is 7.84. The molecule has 2 aromatic rings. The summed E-state index contributed by atoms with van der Waals surface area (Å²) in [5, 5.41) is 14.2. The molecular formula is C8H7N7O3. The molecule has 0 aliphatic carbocycles. The topological polar surface area (TPSA) is 132 Å². The van der Waals surface area contributed by atoms with Gasteiger partial charge in [-0.15, -0.1) is 0 Å². The van der Waals surface area contributed by atoms with Crippen LogP contribution in [0.25, 0.3) is 21.5 Å². The molecule has 0 spiro atoms. The molecule has 2 aromatic heterocycles. The predicted molar refractivity (Wildman–Crippen MR) is 61.4 cm³/mol. The monoisotopic (exact) mass is 249 g/mol. The molecule has 10 heteroatoms. The third-order valence-electron chi connectivity index (χ3n) is 2.57. The molecule has 2 heterocycles. The fourth-order valence-corrected chi connectivity index (χ4v) is 1.78. The van der Waals surface area contributed by atoms with E-state index < -0.39 is 10.6 Å². The SMILES string of the molecule is Cn1c(=O)n(C)c2c(N=[N+]=[N-])ncc([N+](=O)[O-])c21. The number of nitro groups is 1. The standard InChI is InChI=1S/C8H7N7O3/c1-13-5-4(15(17)18)3-10-7(11-12-9)6(5)14(2)8(13)16/h3H,1-2H3. The summed E-state index contributed by atoms with van der Waals surface area (Å²) in [6.45, 7) is 0. The molecule has 0 fully saturated rings. The second-order valence-corrected chi connectivity index (χ2v) is 3.51. The van der Waals surface area contributed by atoms with Gasteiger partial charge < -0.3 is 0 Å². The maximum absolute atomic E-state index is 11.8. The van der Waals surface area contributed by atoms with Crippen molar-refractivity contribution < 1.29 is 4.92 Å². The van der Waals surface area contributed by atoms with Crippen LogP contribution in [0.1, 0.15) is 0 Å². The van der Waals surface area contributed by atoms with Crippen LogP contribution in [0.4, 0.5) is 11.5 Å². The third-order valence-corrected chi connectivity index (χ3v) is 2.57. The van der Waals surface area contributed by atoms with E-state index >= 15 is 0 Å². The number of nitrogens with zero attached hydrogens (tertiary/aromatic N) is 7. The highest BCUT2D eigenvalue weighted by molar-refractivity contribution is 5.91. The molecule has 0 bridgehead atoms. The normalized spacial score (nSPS) is 10.3. The number of rotatable bonds is 2. The average Bonchev–Trinajstić information content (AvgIpc) is 2.56. The van der Waals surface area contributed by atoms with Crippen molar-refractivity contribution in [2.45, 2.75) is 0 Å². The predicted octanol–water partition coefficient (Wildman–Crippen LogP) is 1.12. The van der Waals surface area contributed by atoms with E-state index in [0.717, 1.165) is 15.3 Å². The van der Waals surface area contributed by atoms with Gasteiger partial charge in [-0.05, 0) is 10.6 Å². The van der Waals surface area contributed by atoms with Crippen molar-refractivity contribution in [3.63, 3.8) is 0 Å². The molecule has 0 atom stereocenters. The Kier molecular flexibility index (Phi) is 2.49. The van der Waals surface area contributed by atoms with E-state index in [9.17, 15) is 14.9 Å². The zero-order valence-corrected chi connectivity index (χ0v) is 9.43. The van der Waals surface area contributed by atoms with Gasteiger partial charge in [0, 0.05) is 19.0 Å². The summed E-state index contributed by atoms with van der Waals surface area (Å²) in [6, 6.07) is 0. The first-order valence-electron chi connectivity index (χ1n) is 4.73. The minimum absolute atomic E-state index is 0.0710. The Morgan fingerprint density at radius 3 is 2.61 bits per heavy atom. The minimum atomic E-state index is -0.644. The van der Waals surface area contributed by atoms with Crippen molar-refractivity contribution >= 4 is 22.5 Å². The van der Waals surface area contributed by atoms with Crippen molar-refractivity contribution in [1.29, 1.82) is 0 Å². The molecule has 0 saturated carbocycles. The maximum atomic E-state index is 11.8. The lowest BCUT2D eigenvalue weighted by atomic mass is 10.3. The lowest BCUT2D eigenvalue weighted by Crippen LogP contribution is -2.19. The number of azide groups is 1. The lowest BCUT2D eigenvalue weighted by molar-refractivity contribution is -0.383. The summed E-state index contributed by atoms with van der Waals surface area (Å²) in [4.78, 5) is 28.3. The Balaban J connectivity index is 3.10. The van der Waals surface area contributed by atoms with Gasteiger partial charge in [0.25, 0.3) is 0 Å². The van der Waals surface area contributed by atoms with Gasteiger partial charge in [-0.25, -0.2) is 9.78 Å². The molecule has 2 rings (SSSR count). The van der Waals surface area contributed by atoms with Crippen LogP contribution in [0.5, 0.6) is 0 Å². The second-order valence-electron chi connectivity index (χ2n) is 3.51. The molecule has 0 unspecified atom stereocenters. The van der Waals surface area contributed by atoms with Gasteiger partial charge in [0.15, 0.2) is 11.3 Å². The van der Waals surface area contributed by atoms with E-state index in [2.05, 4.69) is 15.0 Å². The van der Waals surface area contributed by atoms with Gasteiger partial charge in [-0.3, -0.25) is 19.2 Å². The molecule has 92 valence electrons. The van der Waals surface area contributed by atoms with Crippen molar-refractivity contribution in [3.05, 3.63) is 37.2 Å². The highest BCUT2D eigenvalue weighted by Gasteiger charge is 2.22. The summed E-state index contributed by atoms with van der Waals surface area (Å²) < 4.78 is 2.27. The second kappa shape index (κ2) is 3.86. The molecule has 0 saturated heterocycles. The van der Waals surface area contributed by atoms with Crippen LogP contribution in [0.2, 0.25) is 0 Å². The van der Waals surface area contributed by atoms with Gasteiger partial charge in [0.1, 0.15) is 11.7 Å². The molecule has 10 nitrogen and oxygen atoms in total. The average molecular weight is 249 g/mol. The summed E-state index contributed by atoms with van der Waals surface area (Å²) >= 11 is 0. The fraction of sp³-hybridized carbons (Fsp3) is 0.250. The molecule has 0 aliphatic heterocycles. The fourth-order valence-electron chi connectivity index (χ4n) is 1.78. The Hall–Kier alpha value is -2.87. The molecule has 0 amide bonds. The number of hydrogen-bond acceptors (Lipinski definition) is 5. The Morgan fingerprint density at radius 1 is 1.44 bits per heavy atom. The van der Waals surface area contributed by atoms with Gasteiger partial charge >= 0.3 is 11.4 Å². The van der Waals surface area contributed by atoms with Gasteiger partial charge in [0.2, 0.25) is 0 Å². The van der Waals surface area contributed by atoms with Crippen molar-refractivity contribution in [2.75, 3.05) is 0 Å². The summed E-state index contributed by atoms with van der Waals surface area (Å²) in [5.74, 6) is -0.0710. The molecule has 0 aromatic carbocycles. The first-order valence-corrected chi connectivity index (χ1v) is 4.73.